The first kappa shape index (κ1) is 30.3. The zero-order chi connectivity index (χ0) is 35.1. The predicted octanol–water partition coefficient (Wildman–Crippen LogP) is 13.0. The summed E-state index contributed by atoms with van der Waals surface area (Å²) >= 11 is 1.83. The van der Waals surface area contributed by atoms with Crippen LogP contribution in [0.4, 0.5) is 0 Å². The summed E-state index contributed by atoms with van der Waals surface area (Å²) in [5.74, 6) is 0. The number of hydrogen-bond donors (Lipinski definition) is 0. The van der Waals surface area contributed by atoms with Crippen LogP contribution < -0.4 is 0 Å². The van der Waals surface area contributed by atoms with E-state index in [9.17, 15) is 0 Å². The van der Waals surface area contributed by atoms with Crippen molar-refractivity contribution in [3.63, 3.8) is 0 Å². The van der Waals surface area contributed by atoms with E-state index in [0.717, 1.165) is 5.69 Å². The second kappa shape index (κ2) is 11.6. The molecule has 0 radical (unpaired) electrons. The predicted molar refractivity (Wildman–Crippen MR) is 224 cm³/mol. The molecular formula is C50H34N2S. The fourth-order valence-corrected chi connectivity index (χ4v) is 10.0. The molecule has 10 aromatic rings. The van der Waals surface area contributed by atoms with Gasteiger partial charge in [0.1, 0.15) is 0 Å². The van der Waals surface area contributed by atoms with Gasteiger partial charge in [-0.15, -0.1) is 11.8 Å². The van der Waals surface area contributed by atoms with E-state index < -0.39 is 5.41 Å². The topological polar surface area (TPSA) is 9.86 Å². The number of aromatic nitrogens is 2. The summed E-state index contributed by atoms with van der Waals surface area (Å²) in [6, 6.07) is 69.7. The SMILES string of the molecule is CSc1ccccc1C1(c2cccc(-c3ccc(-n4c5ccccc5c5ccccc54)cc3)c2)c2ccccc2-n2c3ccccc3c3cccc1c32. The third-order valence-corrected chi connectivity index (χ3v) is 12.3. The molecule has 2 nitrogen and oxygen atoms in total. The Morgan fingerprint density at radius 2 is 0.962 bits per heavy atom. The largest absolute Gasteiger partial charge is 0.309 e. The highest BCUT2D eigenvalue weighted by Crippen LogP contribution is 2.56. The molecular weight excluding hydrogens is 661 g/mol. The lowest BCUT2D eigenvalue weighted by Gasteiger charge is -2.42. The highest BCUT2D eigenvalue weighted by Gasteiger charge is 2.46. The maximum absolute atomic E-state index is 2.51. The van der Waals surface area contributed by atoms with Crippen molar-refractivity contribution in [2.75, 3.05) is 6.26 Å². The zero-order valence-corrected chi connectivity index (χ0v) is 30.0. The highest BCUT2D eigenvalue weighted by molar-refractivity contribution is 7.98. The zero-order valence-electron chi connectivity index (χ0n) is 29.2. The molecule has 1 aliphatic heterocycles. The average Bonchev–Trinajstić information content (AvgIpc) is 3.75. The average molecular weight is 695 g/mol. The van der Waals surface area contributed by atoms with Gasteiger partial charge in [-0.3, -0.25) is 0 Å². The lowest BCUT2D eigenvalue weighted by atomic mass is 9.63. The Kier molecular flexibility index (Phi) is 6.65. The Hall–Kier alpha value is -6.29. The first-order valence-electron chi connectivity index (χ1n) is 18.2. The number of thioether (sulfide) groups is 1. The maximum atomic E-state index is 2.51. The van der Waals surface area contributed by atoms with Gasteiger partial charge in [0.25, 0.3) is 0 Å². The van der Waals surface area contributed by atoms with Gasteiger partial charge in [0.15, 0.2) is 0 Å². The monoisotopic (exact) mass is 694 g/mol. The van der Waals surface area contributed by atoms with Crippen LogP contribution in [-0.4, -0.2) is 15.4 Å². The van der Waals surface area contributed by atoms with E-state index in [0.29, 0.717) is 0 Å². The Balaban J connectivity index is 1.16. The second-order valence-corrected chi connectivity index (χ2v) is 14.9. The van der Waals surface area contributed by atoms with Gasteiger partial charge >= 0.3 is 0 Å². The molecule has 250 valence electrons. The number of benzene rings is 8. The van der Waals surface area contributed by atoms with E-state index in [1.807, 2.05) is 11.8 Å². The Bertz CT molecular complexity index is 3000. The molecule has 0 N–H and O–H groups in total. The third-order valence-electron chi connectivity index (χ3n) is 11.5. The molecule has 2 aromatic heterocycles. The van der Waals surface area contributed by atoms with Gasteiger partial charge in [-0.2, -0.15) is 0 Å². The number of hydrogen-bond acceptors (Lipinski definition) is 1. The van der Waals surface area contributed by atoms with Gasteiger partial charge in [0, 0.05) is 32.1 Å². The van der Waals surface area contributed by atoms with Crippen LogP contribution in [0, 0.1) is 0 Å². The summed E-state index contributed by atoms with van der Waals surface area (Å²) in [6.45, 7) is 0. The molecule has 3 heterocycles. The van der Waals surface area contributed by atoms with Crippen molar-refractivity contribution in [1.29, 1.82) is 0 Å². The molecule has 1 aliphatic rings. The van der Waals surface area contributed by atoms with Crippen LogP contribution in [0.25, 0.3) is 66.1 Å². The van der Waals surface area contributed by atoms with Crippen molar-refractivity contribution in [1.82, 2.24) is 9.13 Å². The summed E-state index contributed by atoms with van der Waals surface area (Å²) < 4.78 is 4.89. The minimum absolute atomic E-state index is 0.557. The minimum atomic E-state index is -0.557. The van der Waals surface area contributed by atoms with E-state index in [1.54, 1.807) is 0 Å². The molecule has 0 amide bonds. The summed E-state index contributed by atoms with van der Waals surface area (Å²) in [4.78, 5) is 1.28. The molecule has 53 heavy (non-hydrogen) atoms. The van der Waals surface area contributed by atoms with E-state index in [1.165, 1.54) is 87.6 Å². The van der Waals surface area contributed by atoms with Crippen molar-refractivity contribution >= 4 is 55.4 Å². The molecule has 0 saturated carbocycles. The Morgan fingerprint density at radius 1 is 0.415 bits per heavy atom. The molecule has 0 aliphatic carbocycles. The minimum Gasteiger partial charge on any atom is -0.309 e. The standard InChI is InChI=1S/C50H34N2S/c1-53-48-27-11-6-21-42(48)50(41-20-5-10-26-47(41)52-46-25-9-4-18-39(46)40-19-13-22-43(50)49(40)52)35-15-12-14-34(32-35)33-28-30-36(31-29-33)51-44-23-7-2-16-37(44)38-17-3-8-24-45(38)51/h2-32H,1H3. The van der Waals surface area contributed by atoms with E-state index in [-0.39, 0.29) is 0 Å². The quantitative estimate of drug-likeness (QED) is 0.163. The molecule has 1 atom stereocenters. The Morgan fingerprint density at radius 3 is 1.68 bits per heavy atom. The normalized spacial score (nSPS) is 15.0. The Labute approximate surface area is 312 Å². The van der Waals surface area contributed by atoms with Crippen molar-refractivity contribution in [2.45, 2.75) is 10.3 Å². The molecule has 1 unspecified atom stereocenters. The molecule has 8 aromatic carbocycles. The summed E-state index contributed by atoms with van der Waals surface area (Å²) in [7, 11) is 0. The summed E-state index contributed by atoms with van der Waals surface area (Å²) in [6.07, 6.45) is 2.20. The van der Waals surface area contributed by atoms with Gasteiger partial charge < -0.3 is 9.13 Å². The van der Waals surface area contributed by atoms with Crippen molar-refractivity contribution in [3.05, 3.63) is 210 Å². The van der Waals surface area contributed by atoms with Crippen LogP contribution in [0.2, 0.25) is 0 Å². The summed E-state index contributed by atoms with van der Waals surface area (Å²) in [5, 5.41) is 5.12. The van der Waals surface area contributed by atoms with Crippen molar-refractivity contribution in [3.8, 4) is 22.5 Å². The van der Waals surface area contributed by atoms with Crippen LogP contribution in [0.1, 0.15) is 22.3 Å². The van der Waals surface area contributed by atoms with Gasteiger partial charge in [-0.1, -0.05) is 140 Å². The third kappa shape index (κ3) is 4.17. The molecule has 11 rings (SSSR count). The van der Waals surface area contributed by atoms with Crippen molar-refractivity contribution in [2.24, 2.45) is 0 Å². The number of fused-ring (bicyclic) bond motifs is 8. The summed E-state index contributed by atoms with van der Waals surface area (Å²) in [5.41, 5.74) is 14.4. The molecule has 0 spiro atoms. The van der Waals surface area contributed by atoms with Crippen molar-refractivity contribution < 1.29 is 0 Å². The molecule has 0 saturated heterocycles. The molecule has 3 heteroatoms. The van der Waals surface area contributed by atoms with Crippen LogP contribution in [0.15, 0.2) is 193 Å². The van der Waals surface area contributed by atoms with Crippen LogP contribution in [0.3, 0.4) is 0 Å². The molecule has 0 bridgehead atoms. The maximum Gasteiger partial charge on any atom is 0.0753 e. The van der Waals surface area contributed by atoms with Crippen LogP contribution >= 0.6 is 11.8 Å². The number of rotatable bonds is 5. The fraction of sp³-hybridized carbons (Fsp3) is 0.0400. The second-order valence-electron chi connectivity index (χ2n) is 14.0. The van der Waals surface area contributed by atoms with Gasteiger partial charge in [-0.25, -0.2) is 0 Å². The van der Waals surface area contributed by atoms with E-state index >= 15 is 0 Å². The van der Waals surface area contributed by atoms with Gasteiger partial charge in [0.05, 0.1) is 33.2 Å². The number of nitrogens with zero attached hydrogens (tertiary/aromatic N) is 2. The molecule has 0 fully saturated rings. The fourth-order valence-electron chi connectivity index (χ4n) is 9.35. The number of para-hydroxylation sites is 5. The highest BCUT2D eigenvalue weighted by atomic mass is 32.2. The van der Waals surface area contributed by atoms with Crippen LogP contribution in [0.5, 0.6) is 0 Å². The van der Waals surface area contributed by atoms with E-state index in [2.05, 4.69) is 203 Å². The lowest BCUT2D eigenvalue weighted by molar-refractivity contribution is 0.712. The smallest absolute Gasteiger partial charge is 0.0753 e. The first-order chi connectivity index (χ1) is 26.3. The van der Waals surface area contributed by atoms with Gasteiger partial charge in [0.2, 0.25) is 0 Å². The first-order valence-corrected chi connectivity index (χ1v) is 19.5. The lowest BCUT2D eigenvalue weighted by Crippen LogP contribution is -2.36. The van der Waals surface area contributed by atoms with Gasteiger partial charge in [-0.05, 0) is 88.2 Å². The van der Waals surface area contributed by atoms with Crippen LogP contribution in [-0.2, 0) is 5.41 Å². The van der Waals surface area contributed by atoms with E-state index in [4.69, 9.17) is 0 Å².